The zero-order chi connectivity index (χ0) is 41.0. The fourth-order valence-corrected chi connectivity index (χ4v) is 7.94. The summed E-state index contributed by atoms with van der Waals surface area (Å²) in [6, 6.07) is 14.6. The van der Waals surface area contributed by atoms with Gasteiger partial charge in [0.15, 0.2) is 0 Å². The zero-order valence-corrected chi connectivity index (χ0v) is 31.2. The molecule has 7 N–H and O–H groups in total. The van der Waals surface area contributed by atoms with Crippen molar-refractivity contribution in [3.05, 3.63) is 89.7 Å². The molecule has 6 aromatic rings. The first-order chi connectivity index (χ1) is 26.0. The number of halogens is 1. The fraction of sp³-hybridized carbons (Fsp3) is 0. The fourth-order valence-electron chi connectivity index (χ4n) is 5.25. The zero-order valence-electron chi connectivity index (χ0n) is 27.2. The quantitative estimate of drug-likeness (QED) is 0.0631. The molecule has 6 rings (SSSR count). The molecular weight excluding hydrogens is 846 g/mol. The lowest BCUT2D eigenvalue weighted by atomic mass is 10.1. The van der Waals surface area contributed by atoms with Gasteiger partial charge in [-0.3, -0.25) is 18.2 Å². The lowest BCUT2D eigenvalue weighted by molar-refractivity contribution is 0.0697. The van der Waals surface area contributed by atoms with Gasteiger partial charge in [0.2, 0.25) is 17.2 Å². The Bertz CT molecular complexity index is 3150. The van der Waals surface area contributed by atoms with Crippen LogP contribution in [0.5, 0.6) is 0 Å². The Labute approximate surface area is 319 Å². The second-order valence-electron chi connectivity index (χ2n) is 11.3. The molecule has 1 aromatic heterocycles. The normalized spacial score (nSPS) is 12.7. The Morgan fingerprint density at radius 1 is 0.589 bits per heavy atom. The third-order valence-corrected chi connectivity index (χ3v) is 11.3. The van der Waals surface area contributed by atoms with E-state index in [4.69, 9.17) is 11.6 Å². The van der Waals surface area contributed by atoms with E-state index in [1.807, 2.05) is 0 Å². The Morgan fingerprint density at radius 2 is 1.21 bits per heavy atom. The van der Waals surface area contributed by atoms with Crippen LogP contribution in [0.4, 0.5) is 34.6 Å². The average Bonchev–Trinajstić information content (AvgIpc) is 3.08. The van der Waals surface area contributed by atoms with Crippen molar-refractivity contribution in [1.82, 2.24) is 15.0 Å². The molecule has 21 nitrogen and oxygen atoms in total. The largest absolute Gasteiger partial charge is 0.478 e. The van der Waals surface area contributed by atoms with Gasteiger partial charge in [-0.05, 0) is 70.9 Å². The van der Waals surface area contributed by atoms with Crippen LogP contribution < -0.4 is 10.6 Å². The van der Waals surface area contributed by atoms with Gasteiger partial charge in [-0.1, -0.05) is 30.3 Å². The molecule has 0 aliphatic rings. The molecular formula is C30H20ClN7O14S4. The van der Waals surface area contributed by atoms with E-state index in [-0.39, 0.29) is 27.5 Å². The van der Waals surface area contributed by atoms with E-state index in [1.54, 1.807) is 12.1 Å². The molecule has 26 heteroatoms. The molecule has 0 atom stereocenters. The first-order valence-corrected chi connectivity index (χ1v) is 20.9. The molecule has 0 saturated carbocycles. The Kier molecular flexibility index (Phi) is 10.3. The number of carboxylic acid groups (broad SMARTS) is 1. The van der Waals surface area contributed by atoms with Gasteiger partial charge >= 0.3 is 5.97 Å². The number of azo groups is 1. The van der Waals surface area contributed by atoms with Crippen LogP contribution in [0.3, 0.4) is 0 Å². The summed E-state index contributed by atoms with van der Waals surface area (Å²) in [4.78, 5) is 20.5. The summed E-state index contributed by atoms with van der Waals surface area (Å²) in [6.45, 7) is 0. The van der Waals surface area contributed by atoms with Crippen molar-refractivity contribution < 1.29 is 61.8 Å². The topological polar surface area (TPSA) is 342 Å². The lowest BCUT2D eigenvalue weighted by Gasteiger charge is -2.14. The molecule has 0 bridgehead atoms. The number of carbonyl (C=O) groups is 1. The molecule has 1 heterocycles. The minimum atomic E-state index is -5.19. The monoisotopic (exact) mass is 865 g/mol. The number of nitrogens with zero attached hydrogens (tertiary/aromatic N) is 5. The van der Waals surface area contributed by atoms with Gasteiger partial charge in [-0.25, -0.2) is 4.79 Å². The van der Waals surface area contributed by atoms with Gasteiger partial charge < -0.3 is 15.7 Å². The summed E-state index contributed by atoms with van der Waals surface area (Å²) in [5.74, 6) is -2.57. The minimum absolute atomic E-state index is 0.0448. The number of rotatable bonds is 11. The summed E-state index contributed by atoms with van der Waals surface area (Å²) < 4.78 is 137. The summed E-state index contributed by atoms with van der Waals surface area (Å²) in [5.41, 5.74) is -2.31. The number of fused-ring (bicyclic) bond motifs is 2. The van der Waals surface area contributed by atoms with E-state index in [1.165, 1.54) is 24.3 Å². The maximum atomic E-state index is 12.5. The van der Waals surface area contributed by atoms with Crippen LogP contribution in [-0.4, -0.2) is 77.9 Å². The van der Waals surface area contributed by atoms with E-state index in [9.17, 15) is 61.8 Å². The highest BCUT2D eigenvalue weighted by Crippen LogP contribution is 2.39. The second-order valence-corrected chi connectivity index (χ2v) is 17.2. The number of hydrogen-bond acceptors (Lipinski definition) is 16. The van der Waals surface area contributed by atoms with Crippen LogP contribution in [0.15, 0.2) is 109 Å². The Morgan fingerprint density at radius 3 is 1.82 bits per heavy atom. The molecule has 0 aliphatic carbocycles. The van der Waals surface area contributed by atoms with Crippen molar-refractivity contribution in [3.8, 4) is 0 Å². The Hall–Kier alpha value is -5.77. The van der Waals surface area contributed by atoms with E-state index in [0.717, 1.165) is 36.4 Å². The van der Waals surface area contributed by atoms with Gasteiger partial charge in [0.25, 0.3) is 40.5 Å². The van der Waals surface area contributed by atoms with Crippen LogP contribution >= 0.6 is 11.6 Å². The van der Waals surface area contributed by atoms with Crippen LogP contribution in [0, 0.1) is 0 Å². The highest BCUT2D eigenvalue weighted by molar-refractivity contribution is 7.86. The molecule has 0 spiro atoms. The summed E-state index contributed by atoms with van der Waals surface area (Å²) in [5, 5.41) is 22.0. The number of anilines is 4. The van der Waals surface area contributed by atoms with Gasteiger partial charge in [-0.2, -0.15) is 48.6 Å². The van der Waals surface area contributed by atoms with Crippen LogP contribution in [0.1, 0.15) is 10.4 Å². The predicted octanol–water partition coefficient (Wildman–Crippen LogP) is 5.42. The molecule has 5 aromatic carbocycles. The third kappa shape index (κ3) is 8.54. The van der Waals surface area contributed by atoms with Crippen molar-refractivity contribution in [2.75, 3.05) is 10.6 Å². The van der Waals surface area contributed by atoms with Gasteiger partial charge in [-0.15, -0.1) is 10.2 Å². The van der Waals surface area contributed by atoms with Gasteiger partial charge in [0, 0.05) is 10.8 Å². The smallest absolute Gasteiger partial charge is 0.337 e. The molecule has 0 unspecified atom stereocenters. The van der Waals surface area contributed by atoms with Gasteiger partial charge in [0.1, 0.15) is 21.2 Å². The maximum absolute atomic E-state index is 12.5. The SMILES string of the molecule is O=C(O)c1cc(S(=O)(=O)O)ccc1Nc1nc(Cl)nc(Nc2cc(S(=O)(=O)O)cc3cc(S(=O)(=O)O)c(/N=N/c4ccc5ccccc5c4S(=O)(=O)O)cc23)n1. The summed E-state index contributed by atoms with van der Waals surface area (Å²) in [7, 11) is -19.9. The van der Waals surface area contributed by atoms with Crippen molar-refractivity contribution in [1.29, 1.82) is 0 Å². The first-order valence-electron chi connectivity index (χ1n) is 14.8. The molecule has 0 fully saturated rings. The average molecular weight is 866 g/mol. The summed E-state index contributed by atoms with van der Waals surface area (Å²) in [6.07, 6.45) is 0. The minimum Gasteiger partial charge on any atom is -0.478 e. The van der Waals surface area contributed by atoms with Crippen molar-refractivity contribution in [3.63, 3.8) is 0 Å². The van der Waals surface area contributed by atoms with E-state index in [0.29, 0.717) is 11.5 Å². The van der Waals surface area contributed by atoms with Gasteiger partial charge in [0.05, 0.1) is 26.7 Å². The third-order valence-electron chi connectivity index (χ3n) is 7.58. The highest BCUT2D eigenvalue weighted by Gasteiger charge is 2.24. The van der Waals surface area contributed by atoms with E-state index >= 15 is 0 Å². The number of benzene rings is 5. The molecule has 0 aliphatic heterocycles. The lowest BCUT2D eigenvalue weighted by Crippen LogP contribution is -2.09. The van der Waals surface area contributed by atoms with Crippen molar-refractivity contribution in [2.45, 2.75) is 19.6 Å². The van der Waals surface area contributed by atoms with Crippen molar-refractivity contribution in [2.24, 2.45) is 10.2 Å². The van der Waals surface area contributed by atoms with E-state index in [2.05, 4.69) is 35.8 Å². The van der Waals surface area contributed by atoms with Crippen molar-refractivity contribution >= 4 is 114 Å². The van der Waals surface area contributed by atoms with E-state index < -0.39 is 100 Å². The number of nitrogens with one attached hydrogen (secondary N) is 2. The molecule has 0 radical (unpaired) electrons. The molecule has 0 saturated heterocycles. The second kappa shape index (κ2) is 14.4. The first kappa shape index (κ1) is 39.9. The molecule has 0 amide bonds. The molecule has 56 heavy (non-hydrogen) atoms. The van der Waals surface area contributed by atoms with Crippen LogP contribution in [0.25, 0.3) is 21.5 Å². The predicted molar refractivity (Wildman–Crippen MR) is 196 cm³/mol. The number of carboxylic acids is 1. The Balaban J connectivity index is 1.50. The molecule has 290 valence electrons. The maximum Gasteiger partial charge on any atom is 0.337 e. The number of aromatic carboxylic acids is 1. The van der Waals surface area contributed by atoms with Crippen LogP contribution in [-0.2, 0) is 40.5 Å². The highest BCUT2D eigenvalue weighted by atomic mass is 35.5. The standard InChI is InChI=1S/C30H20ClN7O14S4/c31-28-34-29(32-21-8-6-16(53(41,42)43)11-20(21)27(39)40)36-30(35-28)33-23-12-17(54(44,45)46)9-15-10-25(55(47,48)49)24(13-19(15)23)38-37-22-7-5-14-3-1-2-4-18(14)26(22)56(50,51)52/h1-13H,(H,39,40)(H,41,42,43)(H,44,45,46)(H,47,48,49)(H,50,51,52)(H2,32,33,34,35,36)/b38-37+. The number of hydrogen-bond donors (Lipinski definition) is 7. The van der Waals surface area contributed by atoms with Crippen LogP contribution in [0.2, 0.25) is 5.28 Å². The summed E-state index contributed by atoms with van der Waals surface area (Å²) >= 11 is 6.08. The number of aromatic nitrogens is 3.